The van der Waals surface area contributed by atoms with Gasteiger partial charge in [0.05, 0.1) is 11.9 Å². The normalized spacial score (nSPS) is 30.3. The molecule has 0 aliphatic heterocycles. The monoisotopic (exact) mass is 264 g/mol. The van der Waals surface area contributed by atoms with Gasteiger partial charge in [-0.15, -0.1) is 0 Å². The smallest absolute Gasteiger partial charge is 0.0914 e. The van der Waals surface area contributed by atoms with E-state index in [4.69, 9.17) is 0 Å². The average molecular weight is 264 g/mol. The minimum Gasteiger partial charge on any atom is -0.512 e. The number of aliphatic hydroxyl groups excluding tert-OH is 2. The van der Waals surface area contributed by atoms with Gasteiger partial charge in [-0.25, -0.2) is 0 Å². The molecule has 2 atom stereocenters. The van der Waals surface area contributed by atoms with Crippen molar-refractivity contribution in [3.05, 3.63) is 23.5 Å². The number of rotatable bonds is 3. The predicted molar refractivity (Wildman–Crippen MR) is 79.1 cm³/mol. The second-order valence-electron chi connectivity index (χ2n) is 6.09. The van der Waals surface area contributed by atoms with Gasteiger partial charge in [0.2, 0.25) is 0 Å². The molecular weight excluding hydrogens is 236 g/mol. The van der Waals surface area contributed by atoms with Crippen molar-refractivity contribution < 1.29 is 10.2 Å². The van der Waals surface area contributed by atoms with E-state index in [1.807, 2.05) is 6.08 Å². The Morgan fingerprint density at radius 3 is 2.58 bits per heavy atom. The molecule has 0 heterocycles. The molecule has 2 N–H and O–H groups in total. The second kappa shape index (κ2) is 7.74. The summed E-state index contributed by atoms with van der Waals surface area (Å²) in [6, 6.07) is 0. The van der Waals surface area contributed by atoms with Crippen molar-refractivity contribution in [2.24, 2.45) is 5.92 Å². The van der Waals surface area contributed by atoms with E-state index in [-0.39, 0.29) is 12.0 Å². The Morgan fingerprint density at radius 1 is 1.00 bits per heavy atom. The quantitative estimate of drug-likeness (QED) is 0.728. The molecule has 1 unspecified atom stereocenters. The lowest BCUT2D eigenvalue weighted by atomic mass is 9.86. The molecule has 0 aromatic rings. The minimum absolute atomic E-state index is 0.178. The fourth-order valence-corrected chi connectivity index (χ4v) is 3.28. The first-order valence-electron chi connectivity index (χ1n) is 8.03. The molecule has 2 aliphatic carbocycles. The number of hydrogen-bond donors (Lipinski definition) is 2. The van der Waals surface area contributed by atoms with Crippen molar-refractivity contribution in [3.63, 3.8) is 0 Å². The summed E-state index contributed by atoms with van der Waals surface area (Å²) in [6.45, 7) is 0. The van der Waals surface area contributed by atoms with Crippen LogP contribution in [0.1, 0.15) is 70.6 Å². The van der Waals surface area contributed by atoms with Crippen molar-refractivity contribution in [1.82, 2.24) is 0 Å². The Labute approximate surface area is 117 Å². The molecule has 2 aliphatic rings. The van der Waals surface area contributed by atoms with Gasteiger partial charge in [-0.2, -0.15) is 0 Å². The van der Waals surface area contributed by atoms with Crippen LogP contribution in [-0.4, -0.2) is 16.3 Å². The molecule has 0 bridgehead atoms. The van der Waals surface area contributed by atoms with E-state index in [1.165, 1.54) is 37.7 Å². The molecule has 19 heavy (non-hydrogen) atoms. The summed E-state index contributed by atoms with van der Waals surface area (Å²) < 4.78 is 0. The molecule has 0 radical (unpaired) electrons. The van der Waals surface area contributed by atoms with Gasteiger partial charge in [0, 0.05) is 5.92 Å². The van der Waals surface area contributed by atoms with E-state index >= 15 is 0 Å². The first-order chi connectivity index (χ1) is 9.27. The molecule has 2 nitrogen and oxygen atoms in total. The summed E-state index contributed by atoms with van der Waals surface area (Å²) in [5.74, 6) is 0.686. The van der Waals surface area contributed by atoms with Gasteiger partial charge in [0.1, 0.15) is 0 Å². The van der Waals surface area contributed by atoms with Crippen LogP contribution in [0.4, 0.5) is 0 Å². The second-order valence-corrected chi connectivity index (χ2v) is 6.09. The summed E-state index contributed by atoms with van der Waals surface area (Å²) >= 11 is 0. The summed E-state index contributed by atoms with van der Waals surface area (Å²) in [5.41, 5.74) is 1.22. The lowest BCUT2D eigenvalue weighted by Gasteiger charge is -2.24. The fraction of sp³-hybridized carbons (Fsp3) is 0.765. The maximum atomic E-state index is 10.4. The van der Waals surface area contributed by atoms with E-state index in [9.17, 15) is 10.2 Å². The fourth-order valence-electron chi connectivity index (χ4n) is 3.28. The molecule has 0 amide bonds. The Bertz CT molecular complexity index is 330. The van der Waals surface area contributed by atoms with Crippen LogP contribution < -0.4 is 0 Å². The number of allylic oxidation sites excluding steroid dienone is 3. The highest BCUT2D eigenvalue weighted by Crippen LogP contribution is 2.30. The van der Waals surface area contributed by atoms with Crippen LogP contribution in [0.15, 0.2) is 23.5 Å². The van der Waals surface area contributed by atoms with Crippen LogP contribution >= 0.6 is 0 Å². The standard InChI is InChI=1S/C17H28O2/c18-16-12-8-7-11-15(16)13-17(19)14-9-5-3-1-2-4-6-10-14/h9,12,15,17-19H,1-8,10-11,13H2/b14-9+/t15-,17?/m1/s1. The summed E-state index contributed by atoms with van der Waals surface area (Å²) in [6.07, 6.45) is 16.3. The summed E-state index contributed by atoms with van der Waals surface area (Å²) in [7, 11) is 0. The summed E-state index contributed by atoms with van der Waals surface area (Å²) in [5, 5.41) is 20.3. The zero-order chi connectivity index (χ0) is 13.5. The van der Waals surface area contributed by atoms with Crippen LogP contribution in [-0.2, 0) is 0 Å². The van der Waals surface area contributed by atoms with Gasteiger partial charge < -0.3 is 10.2 Å². The predicted octanol–water partition coefficient (Wildman–Crippen LogP) is 4.65. The lowest BCUT2D eigenvalue weighted by molar-refractivity contribution is 0.156. The Balaban J connectivity index is 1.91. The van der Waals surface area contributed by atoms with Gasteiger partial charge in [0.15, 0.2) is 0 Å². The maximum Gasteiger partial charge on any atom is 0.0914 e. The first-order valence-corrected chi connectivity index (χ1v) is 8.03. The zero-order valence-corrected chi connectivity index (χ0v) is 12.0. The van der Waals surface area contributed by atoms with Crippen LogP contribution in [0.25, 0.3) is 0 Å². The van der Waals surface area contributed by atoms with Gasteiger partial charge in [-0.05, 0) is 63.0 Å². The molecule has 0 spiro atoms. The van der Waals surface area contributed by atoms with Crippen molar-refractivity contribution in [2.45, 2.75) is 76.7 Å². The maximum absolute atomic E-state index is 10.4. The van der Waals surface area contributed by atoms with Crippen LogP contribution in [0, 0.1) is 5.92 Å². The molecule has 0 aromatic heterocycles. The largest absolute Gasteiger partial charge is 0.512 e. The Morgan fingerprint density at radius 2 is 1.74 bits per heavy atom. The molecule has 0 saturated heterocycles. The van der Waals surface area contributed by atoms with Crippen molar-refractivity contribution in [2.75, 3.05) is 0 Å². The molecule has 0 aromatic carbocycles. The molecule has 0 saturated carbocycles. The van der Waals surface area contributed by atoms with Crippen LogP contribution in [0.2, 0.25) is 0 Å². The van der Waals surface area contributed by atoms with Crippen LogP contribution in [0.5, 0.6) is 0 Å². The van der Waals surface area contributed by atoms with E-state index in [0.717, 1.165) is 32.1 Å². The Kier molecular flexibility index (Phi) is 5.96. The van der Waals surface area contributed by atoms with Crippen molar-refractivity contribution in [1.29, 1.82) is 0 Å². The van der Waals surface area contributed by atoms with Gasteiger partial charge in [-0.1, -0.05) is 25.3 Å². The molecule has 108 valence electrons. The number of hydrogen-bond acceptors (Lipinski definition) is 2. The zero-order valence-electron chi connectivity index (χ0n) is 12.0. The minimum atomic E-state index is -0.350. The third kappa shape index (κ3) is 4.68. The van der Waals surface area contributed by atoms with E-state index in [1.54, 1.807) is 0 Å². The van der Waals surface area contributed by atoms with E-state index in [2.05, 4.69) is 6.08 Å². The summed E-state index contributed by atoms with van der Waals surface area (Å²) in [4.78, 5) is 0. The van der Waals surface area contributed by atoms with Crippen molar-refractivity contribution >= 4 is 0 Å². The van der Waals surface area contributed by atoms with Gasteiger partial charge in [0.25, 0.3) is 0 Å². The van der Waals surface area contributed by atoms with Crippen LogP contribution in [0.3, 0.4) is 0 Å². The average Bonchev–Trinajstić information content (AvgIpc) is 2.55. The first kappa shape index (κ1) is 14.6. The Hall–Kier alpha value is -0.760. The highest BCUT2D eigenvalue weighted by Gasteiger charge is 2.22. The molecule has 2 heteroatoms. The molecular formula is C17H28O2. The third-order valence-electron chi connectivity index (χ3n) is 4.54. The van der Waals surface area contributed by atoms with Gasteiger partial charge >= 0.3 is 0 Å². The topological polar surface area (TPSA) is 40.5 Å². The SMILES string of the molecule is OC1=CCCC[C@@H]1CC(O)/C1=C/CCCCCCC1. The highest BCUT2D eigenvalue weighted by molar-refractivity contribution is 5.11. The third-order valence-corrected chi connectivity index (χ3v) is 4.54. The highest BCUT2D eigenvalue weighted by atomic mass is 16.3. The number of aliphatic hydroxyl groups is 2. The van der Waals surface area contributed by atoms with E-state index in [0.29, 0.717) is 12.2 Å². The van der Waals surface area contributed by atoms with E-state index < -0.39 is 0 Å². The lowest BCUT2D eigenvalue weighted by Crippen LogP contribution is -2.19. The van der Waals surface area contributed by atoms with Gasteiger partial charge in [-0.3, -0.25) is 0 Å². The van der Waals surface area contributed by atoms with Crippen molar-refractivity contribution in [3.8, 4) is 0 Å². The molecule has 2 rings (SSSR count). The molecule has 0 fully saturated rings.